The number of nitrogens with zero attached hydrogens (tertiary/aromatic N) is 3. The number of piperazine rings is 1. The van der Waals surface area contributed by atoms with Gasteiger partial charge in [0.1, 0.15) is 6.04 Å². The summed E-state index contributed by atoms with van der Waals surface area (Å²) in [4.78, 5) is 40.2. The minimum atomic E-state index is -0.743. The van der Waals surface area contributed by atoms with Gasteiger partial charge in [-0.25, -0.2) is 0 Å². The summed E-state index contributed by atoms with van der Waals surface area (Å²) in [7, 11) is 0. The topological polar surface area (TPSA) is 95.8 Å². The van der Waals surface area contributed by atoms with Gasteiger partial charge >= 0.3 is 0 Å². The first-order chi connectivity index (χ1) is 16.9. The lowest BCUT2D eigenvalue weighted by Crippen LogP contribution is -2.54. The van der Waals surface area contributed by atoms with E-state index in [2.05, 4.69) is 34.5 Å². The summed E-state index contributed by atoms with van der Waals surface area (Å²) in [5.74, 6) is -0.680. The molecule has 3 aromatic rings. The molecule has 0 unspecified atom stereocenters. The molecule has 1 atom stereocenters. The zero-order valence-electron chi connectivity index (χ0n) is 19.5. The van der Waals surface area contributed by atoms with Gasteiger partial charge in [-0.3, -0.25) is 24.6 Å². The number of rotatable bonds is 7. The molecule has 1 N–H and O–H groups in total. The highest BCUT2D eigenvalue weighted by Gasteiger charge is 2.30. The Labute approximate surface area is 204 Å². The summed E-state index contributed by atoms with van der Waals surface area (Å²) in [6, 6.07) is 25.5. The van der Waals surface area contributed by atoms with E-state index in [4.69, 9.17) is 0 Å². The van der Waals surface area contributed by atoms with Crippen LogP contribution in [0.4, 0.5) is 5.69 Å². The van der Waals surface area contributed by atoms with Gasteiger partial charge in [0, 0.05) is 43.9 Å². The Morgan fingerprint density at radius 3 is 1.97 bits per heavy atom. The van der Waals surface area contributed by atoms with E-state index < -0.39 is 16.9 Å². The number of nitro benzene ring substituents is 1. The van der Waals surface area contributed by atoms with Crippen LogP contribution >= 0.6 is 0 Å². The monoisotopic (exact) mass is 472 g/mol. The fourth-order valence-electron chi connectivity index (χ4n) is 4.46. The van der Waals surface area contributed by atoms with Crippen LogP contribution < -0.4 is 5.32 Å². The molecule has 0 aromatic heterocycles. The normalized spacial score (nSPS) is 15.0. The molecule has 4 rings (SSSR count). The molecule has 2 amide bonds. The maximum Gasteiger partial charge on any atom is 0.270 e. The van der Waals surface area contributed by atoms with Crippen molar-refractivity contribution in [3.8, 4) is 0 Å². The Bertz CT molecular complexity index is 1140. The van der Waals surface area contributed by atoms with E-state index >= 15 is 0 Å². The third-order valence-electron chi connectivity index (χ3n) is 6.26. The minimum Gasteiger partial charge on any atom is -0.341 e. The van der Waals surface area contributed by atoms with Crippen LogP contribution in [0.3, 0.4) is 0 Å². The smallest absolute Gasteiger partial charge is 0.270 e. The standard InChI is InChI=1S/C27H28N4O4/c1-20(28-26(32)23-13-8-14-24(19-23)31(34)35)27(33)30-17-15-29(16-18-30)25(21-9-4-2-5-10-21)22-11-6-3-7-12-22/h2-14,19-20,25H,15-18H2,1H3,(H,28,32)/t20-/m0/s1. The predicted molar refractivity (Wildman–Crippen MR) is 133 cm³/mol. The molecule has 8 heteroatoms. The lowest BCUT2D eigenvalue weighted by Gasteiger charge is -2.40. The van der Waals surface area contributed by atoms with Gasteiger partial charge in [0.05, 0.1) is 11.0 Å². The molecular formula is C27H28N4O4. The number of non-ortho nitro benzene ring substituents is 1. The second-order valence-corrected chi connectivity index (χ2v) is 8.59. The third-order valence-corrected chi connectivity index (χ3v) is 6.26. The Kier molecular flexibility index (Phi) is 7.52. The fourth-order valence-corrected chi connectivity index (χ4v) is 4.46. The quantitative estimate of drug-likeness (QED) is 0.418. The molecule has 0 bridgehead atoms. The summed E-state index contributed by atoms with van der Waals surface area (Å²) in [5, 5.41) is 13.7. The van der Waals surface area contributed by atoms with Gasteiger partial charge in [0.2, 0.25) is 5.91 Å². The van der Waals surface area contributed by atoms with Crippen molar-refractivity contribution in [2.24, 2.45) is 0 Å². The summed E-state index contributed by atoms with van der Waals surface area (Å²) in [5.41, 5.74) is 2.39. The van der Waals surface area contributed by atoms with Crippen molar-refractivity contribution >= 4 is 17.5 Å². The molecule has 8 nitrogen and oxygen atoms in total. The van der Waals surface area contributed by atoms with Gasteiger partial charge in [-0.1, -0.05) is 66.7 Å². The van der Waals surface area contributed by atoms with E-state index in [0.29, 0.717) is 26.2 Å². The van der Waals surface area contributed by atoms with Crippen molar-refractivity contribution in [3.05, 3.63) is 112 Å². The van der Waals surface area contributed by atoms with Crippen LogP contribution in [0.1, 0.15) is 34.5 Å². The average Bonchev–Trinajstić information content (AvgIpc) is 2.90. The van der Waals surface area contributed by atoms with Crippen LogP contribution in [0, 0.1) is 10.1 Å². The van der Waals surface area contributed by atoms with Crippen LogP contribution in [0.5, 0.6) is 0 Å². The van der Waals surface area contributed by atoms with Crippen LogP contribution in [0.2, 0.25) is 0 Å². The van der Waals surface area contributed by atoms with Crippen molar-refractivity contribution in [1.29, 1.82) is 0 Å². The summed E-state index contributed by atoms with van der Waals surface area (Å²) >= 11 is 0. The van der Waals surface area contributed by atoms with E-state index in [1.54, 1.807) is 11.8 Å². The van der Waals surface area contributed by atoms with E-state index in [1.807, 2.05) is 36.4 Å². The molecule has 0 radical (unpaired) electrons. The van der Waals surface area contributed by atoms with Gasteiger partial charge in [-0.15, -0.1) is 0 Å². The Morgan fingerprint density at radius 1 is 0.857 bits per heavy atom. The number of benzene rings is 3. The fraction of sp³-hybridized carbons (Fsp3) is 0.259. The number of hydrogen-bond acceptors (Lipinski definition) is 5. The highest BCUT2D eigenvalue weighted by molar-refractivity contribution is 5.97. The molecule has 1 aliphatic rings. The van der Waals surface area contributed by atoms with Crippen molar-refractivity contribution < 1.29 is 14.5 Å². The molecule has 180 valence electrons. The SMILES string of the molecule is C[C@H](NC(=O)c1cccc([N+](=O)[O-])c1)C(=O)N1CCN(C(c2ccccc2)c2ccccc2)CC1. The first kappa shape index (κ1) is 24.1. The van der Waals surface area contributed by atoms with Crippen LogP contribution in [-0.4, -0.2) is 58.8 Å². The Morgan fingerprint density at radius 2 is 1.43 bits per heavy atom. The zero-order valence-corrected chi connectivity index (χ0v) is 19.5. The molecule has 3 aromatic carbocycles. The molecule has 35 heavy (non-hydrogen) atoms. The second-order valence-electron chi connectivity index (χ2n) is 8.59. The minimum absolute atomic E-state index is 0.0978. The van der Waals surface area contributed by atoms with E-state index in [0.717, 1.165) is 0 Å². The lowest BCUT2D eigenvalue weighted by molar-refractivity contribution is -0.384. The molecular weight excluding hydrogens is 444 g/mol. The zero-order chi connectivity index (χ0) is 24.8. The van der Waals surface area contributed by atoms with Crippen molar-refractivity contribution in [1.82, 2.24) is 15.1 Å². The highest BCUT2D eigenvalue weighted by atomic mass is 16.6. The largest absolute Gasteiger partial charge is 0.341 e. The summed E-state index contributed by atoms with van der Waals surface area (Å²) < 4.78 is 0. The van der Waals surface area contributed by atoms with E-state index in [-0.39, 0.29) is 23.2 Å². The molecule has 1 saturated heterocycles. The van der Waals surface area contributed by atoms with Gasteiger partial charge in [0.15, 0.2) is 0 Å². The van der Waals surface area contributed by atoms with Crippen LogP contribution in [0.15, 0.2) is 84.9 Å². The van der Waals surface area contributed by atoms with E-state index in [1.165, 1.54) is 35.4 Å². The predicted octanol–water partition coefficient (Wildman–Crippen LogP) is 3.65. The molecule has 0 saturated carbocycles. The van der Waals surface area contributed by atoms with Crippen LogP contribution in [0.25, 0.3) is 0 Å². The lowest BCUT2D eigenvalue weighted by atomic mass is 9.96. The van der Waals surface area contributed by atoms with Gasteiger partial charge in [-0.05, 0) is 24.1 Å². The number of amides is 2. The second kappa shape index (κ2) is 10.9. The average molecular weight is 473 g/mol. The first-order valence-electron chi connectivity index (χ1n) is 11.6. The van der Waals surface area contributed by atoms with Crippen molar-refractivity contribution in [3.63, 3.8) is 0 Å². The van der Waals surface area contributed by atoms with Gasteiger partial charge in [-0.2, -0.15) is 0 Å². The Balaban J connectivity index is 1.39. The molecule has 0 aliphatic carbocycles. The van der Waals surface area contributed by atoms with Crippen LogP contribution in [-0.2, 0) is 4.79 Å². The summed E-state index contributed by atoms with van der Waals surface area (Å²) in [6.07, 6.45) is 0. The maximum atomic E-state index is 13.0. The number of hydrogen-bond donors (Lipinski definition) is 1. The van der Waals surface area contributed by atoms with Gasteiger partial charge in [0.25, 0.3) is 11.6 Å². The number of carbonyl (C=O) groups excluding carboxylic acids is 2. The highest BCUT2D eigenvalue weighted by Crippen LogP contribution is 2.29. The van der Waals surface area contributed by atoms with Crippen molar-refractivity contribution in [2.45, 2.75) is 19.0 Å². The van der Waals surface area contributed by atoms with E-state index in [9.17, 15) is 19.7 Å². The number of nitro groups is 1. The number of carbonyl (C=O) groups is 2. The maximum absolute atomic E-state index is 13.0. The molecule has 1 heterocycles. The first-order valence-corrected chi connectivity index (χ1v) is 11.6. The molecule has 1 aliphatic heterocycles. The number of nitrogens with one attached hydrogen (secondary N) is 1. The van der Waals surface area contributed by atoms with Gasteiger partial charge < -0.3 is 10.2 Å². The third kappa shape index (κ3) is 5.73. The van der Waals surface area contributed by atoms with Crippen molar-refractivity contribution in [2.75, 3.05) is 26.2 Å². The molecule has 0 spiro atoms. The Hall–Kier alpha value is -4.04. The molecule has 1 fully saturated rings. The summed E-state index contributed by atoms with van der Waals surface area (Å²) in [6.45, 7) is 4.14.